The number of carbonyl (C=O) groups is 3. The minimum absolute atomic E-state index is 0.148. The molecular weight excluding hydrogens is 1050 g/mol. The van der Waals surface area contributed by atoms with Crippen molar-refractivity contribution in [2.75, 3.05) is 27.0 Å². The number of anilines is 4. The molecule has 3 amide bonds. The van der Waals surface area contributed by atoms with Gasteiger partial charge in [0.15, 0.2) is 0 Å². The number of amides is 3. The maximum absolute atomic E-state index is 13.1. The number of nitrogens with zero attached hydrogens (tertiary/aromatic N) is 2. The number of hydrogen-bond donors (Lipinski definition) is 4. The highest BCUT2D eigenvalue weighted by molar-refractivity contribution is 9.10. The fraction of sp³-hybridized carbons (Fsp3) is 0.180. The average molecular weight is 1090 g/mol. The topological polar surface area (TPSA) is 147 Å². The van der Waals surface area contributed by atoms with Crippen LogP contribution in [-0.4, -0.2) is 52.4 Å². The maximum Gasteiger partial charge on any atom is 0.412 e. The number of fused-ring (bicyclic) bond motifs is 2. The van der Waals surface area contributed by atoms with E-state index in [0.29, 0.717) is 57.1 Å². The molecule has 0 bridgehead atoms. The number of aliphatic imine (C=N–C) groups is 2. The molecule has 0 aliphatic carbocycles. The van der Waals surface area contributed by atoms with E-state index in [1.165, 1.54) is 0 Å². The van der Waals surface area contributed by atoms with Gasteiger partial charge in [0, 0.05) is 65.5 Å². The van der Waals surface area contributed by atoms with Crippen LogP contribution in [0.25, 0.3) is 0 Å². The van der Waals surface area contributed by atoms with E-state index in [-0.39, 0.29) is 17.2 Å². The van der Waals surface area contributed by atoms with Crippen molar-refractivity contribution in [2.45, 2.75) is 51.3 Å². The fourth-order valence-corrected chi connectivity index (χ4v) is 8.14. The van der Waals surface area contributed by atoms with Crippen molar-refractivity contribution >= 4 is 130 Å². The number of rotatable bonds is 7. The van der Waals surface area contributed by atoms with Gasteiger partial charge in [-0.05, 0) is 105 Å². The van der Waals surface area contributed by atoms with Crippen LogP contribution in [0.15, 0.2) is 152 Å². The Balaban J connectivity index is 0.000000210. The van der Waals surface area contributed by atoms with E-state index < -0.39 is 23.8 Å². The summed E-state index contributed by atoms with van der Waals surface area (Å²) in [7, 11) is 0. The third-order valence-corrected chi connectivity index (χ3v) is 11.9. The standard InChI is InChI=1S/C27H25BrClN3O3.C22H17BrClN3O.CH2Cl2/c1-27(2,3)35-26(34)30-19-11-8-16(9-12-19)24-20-15-18(29)10-13-22(20)32-25(33)23(31-24)14-17-6-4-5-7-21(17)28;23-18-4-2-1-3-14(18)11-20-22(28)27-19-10-7-15(24)12-17(19)21(26-20)13-5-8-16(25)9-6-13;2-1-3/h4-13,15,23H,14H2,1-3H3,(H,30,34)(H,32,33);1-10,12,20H,11,25H2,(H,27,28);1H2. The van der Waals surface area contributed by atoms with Gasteiger partial charge in [0.2, 0.25) is 11.8 Å². The zero-order valence-corrected chi connectivity index (χ0v) is 42.0. The van der Waals surface area contributed by atoms with Gasteiger partial charge >= 0.3 is 6.09 Å². The lowest BCUT2D eigenvalue weighted by Gasteiger charge is -2.19. The van der Waals surface area contributed by atoms with Gasteiger partial charge in [-0.2, -0.15) is 0 Å². The Kier molecular flexibility index (Phi) is 17.5. The Morgan fingerprint density at radius 3 is 1.48 bits per heavy atom. The second-order valence-electron chi connectivity index (χ2n) is 15.9. The Morgan fingerprint density at radius 1 is 0.667 bits per heavy atom. The van der Waals surface area contributed by atoms with Crippen LogP contribution < -0.4 is 21.7 Å². The van der Waals surface area contributed by atoms with E-state index >= 15 is 0 Å². The van der Waals surface area contributed by atoms with Crippen molar-refractivity contribution in [3.05, 3.63) is 186 Å². The summed E-state index contributed by atoms with van der Waals surface area (Å²) in [5.41, 5.74) is 14.4. The molecule has 2 heterocycles. The first-order valence-corrected chi connectivity index (χ1v) is 23.8. The van der Waals surface area contributed by atoms with Crippen molar-refractivity contribution in [1.82, 2.24) is 0 Å². The molecule has 340 valence electrons. The summed E-state index contributed by atoms with van der Waals surface area (Å²) in [6.07, 6.45) is 0.377. The molecule has 0 saturated heterocycles. The molecule has 0 saturated carbocycles. The van der Waals surface area contributed by atoms with E-state index in [2.05, 4.69) is 47.8 Å². The zero-order chi connectivity index (χ0) is 47.5. The monoisotopic (exact) mass is 1090 g/mol. The summed E-state index contributed by atoms with van der Waals surface area (Å²) in [6.45, 7) is 5.42. The minimum atomic E-state index is -0.644. The maximum atomic E-state index is 13.1. The Morgan fingerprint density at radius 2 is 1.08 bits per heavy atom. The van der Waals surface area contributed by atoms with Gasteiger partial charge in [-0.1, -0.05) is 116 Å². The molecule has 66 heavy (non-hydrogen) atoms. The summed E-state index contributed by atoms with van der Waals surface area (Å²) >= 11 is 29.2. The molecule has 16 heteroatoms. The molecular formula is C50H44Br2Cl4N6O4. The highest BCUT2D eigenvalue weighted by Crippen LogP contribution is 2.31. The number of nitrogens with two attached hydrogens (primary N) is 1. The van der Waals surface area contributed by atoms with Gasteiger partial charge in [0.25, 0.3) is 0 Å². The molecule has 0 radical (unpaired) electrons. The van der Waals surface area contributed by atoms with Gasteiger partial charge in [0.05, 0.1) is 28.1 Å². The van der Waals surface area contributed by atoms with Crippen molar-refractivity contribution in [3.8, 4) is 0 Å². The molecule has 2 unspecified atom stereocenters. The highest BCUT2D eigenvalue weighted by atomic mass is 79.9. The lowest BCUT2D eigenvalue weighted by molar-refractivity contribution is -0.118. The van der Waals surface area contributed by atoms with Crippen molar-refractivity contribution in [1.29, 1.82) is 0 Å². The molecule has 6 aromatic rings. The predicted octanol–water partition coefficient (Wildman–Crippen LogP) is 13.4. The Hall–Kier alpha value is -5.21. The number of nitrogens with one attached hydrogen (secondary N) is 3. The van der Waals surface area contributed by atoms with E-state index in [0.717, 1.165) is 42.3 Å². The molecule has 2 aliphatic rings. The minimum Gasteiger partial charge on any atom is -0.444 e. The number of benzodiazepines with no additional fused rings is 2. The fourth-order valence-electron chi connectivity index (χ4n) is 6.90. The number of nitrogen functional groups attached to an aromatic ring is 1. The smallest absolute Gasteiger partial charge is 0.412 e. The number of alkyl halides is 2. The average Bonchev–Trinajstić information content (AvgIpc) is 3.49. The number of carbonyl (C=O) groups excluding carboxylic acids is 3. The van der Waals surface area contributed by atoms with Crippen molar-refractivity contribution in [3.63, 3.8) is 0 Å². The zero-order valence-electron chi connectivity index (χ0n) is 35.9. The van der Waals surface area contributed by atoms with E-state index in [1.54, 1.807) is 36.4 Å². The van der Waals surface area contributed by atoms with Gasteiger partial charge in [-0.15, -0.1) is 23.2 Å². The molecule has 0 spiro atoms. The highest BCUT2D eigenvalue weighted by Gasteiger charge is 2.29. The molecule has 6 aromatic carbocycles. The number of ether oxygens (including phenoxy) is 1. The first-order chi connectivity index (χ1) is 31.5. The normalized spacial score (nSPS) is 15.2. The van der Waals surface area contributed by atoms with Crippen LogP contribution in [0.4, 0.5) is 27.5 Å². The number of halogens is 6. The van der Waals surface area contributed by atoms with E-state index in [4.69, 9.17) is 66.9 Å². The summed E-state index contributed by atoms with van der Waals surface area (Å²) in [5, 5.41) is 10.0. The molecule has 8 rings (SSSR count). The molecule has 5 N–H and O–H groups in total. The van der Waals surface area contributed by atoms with Crippen LogP contribution in [0.2, 0.25) is 10.0 Å². The summed E-state index contributed by atoms with van der Waals surface area (Å²) < 4.78 is 7.20. The summed E-state index contributed by atoms with van der Waals surface area (Å²) in [6, 6.07) is 39.8. The number of benzene rings is 6. The third kappa shape index (κ3) is 13.7. The lowest BCUT2D eigenvalue weighted by atomic mass is 10.00. The summed E-state index contributed by atoms with van der Waals surface area (Å²) in [4.78, 5) is 47.9. The molecule has 2 aliphatic heterocycles. The molecule has 10 nitrogen and oxygen atoms in total. The molecule has 0 fully saturated rings. The quantitative estimate of drug-likeness (QED) is 0.0928. The lowest BCUT2D eigenvalue weighted by Crippen LogP contribution is -2.27. The Labute approximate surface area is 420 Å². The molecule has 0 aromatic heterocycles. The molecule has 2 atom stereocenters. The third-order valence-electron chi connectivity index (χ3n) is 9.89. The largest absolute Gasteiger partial charge is 0.444 e. The van der Waals surface area contributed by atoms with Gasteiger partial charge in [-0.3, -0.25) is 24.9 Å². The van der Waals surface area contributed by atoms with E-state index in [9.17, 15) is 14.4 Å². The van der Waals surface area contributed by atoms with Crippen LogP contribution in [0.1, 0.15) is 54.2 Å². The van der Waals surface area contributed by atoms with Crippen LogP contribution >= 0.6 is 78.3 Å². The summed E-state index contributed by atoms with van der Waals surface area (Å²) in [5.74, 6) is -0.340. The SMILES string of the molecule is CC(C)(C)OC(=O)Nc1ccc(C2=NC(Cc3ccccc3Br)C(=O)Nc3ccc(Cl)cc32)cc1.ClCCl.Nc1ccc(C2=NC(Cc3ccccc3Br)C(=O)Nc3ccc(Cl)cc32)cc1. The van der Waals surface area contributed by atoms with Crippen LogP contribution in [0, 0.1) is 0 Å². The predicted molar refractivity (Wildman–Crippen MR) is 278 cm³/mol. The number of hydrogen-bond acceptors (Lipinski definition) is 7. The first kappa shape index (κ1) is 50.2. The van der Waals surface area contributed by atoms with Gasteiger partial charge < -0.3 is 21.1 Å². The van der Waals surface area contributed by atoms with Crippen molar-refractivity contribution < 1.29 is 19.1 Å². The second-order valence-corrected chi connectivity index (χ2v) is 19.3. The van der Waals surface area contributed by atoms with Crippen LogP contribution in [0.5, 0.6) is 0 Å². The van der Waals surface area contributed by atoms with Crippen molar-refractivity contribution in [2.24, 2.45) is 9.98 Å². The Bertz CT molecular complexity index is 2780. The van der Waals surface area contributed by atoms with E-state index in [1.807, 2.05) is 118 Å². The van der Waals surface area contributed by atoms with Gasteiger partial charge in [0.1, 0.15) is 17.7 Å². The first-order valence-electron chi connectivity index (χ1n) is 20.4. The second kappa shape index (κ2) is 23.0. The van der Waals surface area contributed by atoms with Gasteiger partial charge in [-0.25, -0.2) is 4.79 Å². The van der Waals surface area contributed by atoms with Crippen LogP contribution in [-0.2, 0) is 27.2 Å². The van der Waals surface area contributed by atoms with Crippen LogP contribution in [0.3, 0.4) is 0 Å².